The molecule has 2 aliphatic rings. The van der Waals surface area contributed by atoms with Gasteiger partial charge in [-0.3, -0.25) is 0 Å². The SMILES string of the molecule is c1cc(C2CCC3CCNC2C3)c[nH]1. The van der Waals surface area contributed by atoms with Crippen molar-refractivity contribution < 1.29 is 0 Å². The van der Waals surface area contributed by atoms with Gasteiger partial charge in [-0.15, -0.1) is 0 Å². The van der Waals surface area contributed by atoms with E-state index in [-0.39, 0.29) is 0 Å². The molecule has 1 aromatic rings. The minimum Gasteiger partial charge on any atom is -0.367 e. The second kappa shape index (κ2) is 3.43. The lowest BCUT2D eigenvalue weighted by molar-refractivity contribution is 0.199. The third-order valence-electron chi connectivity index (χ3n) is 3.97. The molecule has 1 aliphatic carbocycles. The van der Waals surface area contributed by atoms with E-state index in [4.69, 9.17) is 0 Å². The van der Waals surface area contributed by atoms with Gasteiger partial charge >= 0.3 is 0 Å². The molecule has 14 heavy (non-hydrogen) atoms. The largest absolute Gasteiger partial charge is 0.367 e. The minimum atomic E-state index is 0.748. The molecule has 2 bridgehead atoms. The van der Waals surface area contributed by atoms with Crippen LogP contribution in [0.3, 0.4) is 0 Å². The van der Waals surface area contributed by atoms with E-state index in [2.05, 4.69) is 22.6 Å². The van der Waals surface area contributed by atoms with Gasteiger partial charge in [0, 0.05) is 24.4 Å². The molecule has 1 saturated heterocycles. The van der Waals surface area contributed by atoms with E-state index >= 15 is 0 Å². The average molecular weight is 190 g/mol. The molecule has 3 unspecified atom stereocenters. The van der Waals surface area contributed by atoms with Crippen molar-refractivity contribution in [3.63, 3.8) is 0 Å². The molecule has 2 fully saturated rings. The molecule has 0 spiro atoms. The van der Waals surface area contributed by atoms with Gasteiger partial charge in [-0.1, -0.05) is 0 Å². The molecule has 1 saturated carbocycles. The van der Waals surface area contributed by atoms with Crippen molar-refractivity contribution in [1.82, 2.24) is 10.3 Å². The first-order valence-electron chi connectivity index (χ1n) is 5.79. The number of hydrogen-bond donors (Lipinski definition) is 2. The van der Waals surface area contributed by atoms with Crippen LogP contribution in [0.25, 0.3) is 0 Å². The number of hydrogen-bond acceptors (Lipinski definition) is 1. The van der Waals surface area contributed by atoms with Gasteiger partial charge in [0.2, 0.25) is 0 Å². The molecule has 3 rings (SSSR count). The zero-order valence-corrected chi connectivity index (χ0v) is 8.50. The van der Waals surface area contributed by atoms with Crippen LogP contribution in [-0.4, -0.2) is 17.6 Å². The smallest absolute Gasteiger partial charge is 0.0139 e. The van der Waals surface area contributed by atoms with E-state index < -0.39 is 0 Å². The summed E-state index contributed by atoms with van der Waals surface area (Å²) in [5.41, 5.74) is 1.50. The van der Waals surface area contributed by atoms with E-state index in [1.807, 2.05) is 6.20 Å². The van der Waals surface area contributed by atoms with Crippen molar-refractivity contribution in [2.75, 3.05) is 6.54 Å². The second-order valence-corrected chi connectivity index (χ2v) is 4.78. The van der Waals surface area contributed by atoms with Crippen molar-refractivity contribution in [2.45, 2.75) is 37.6 Å². The molecule has 3 atom stereocenters. The Morgan fingerprint density at radius 3 is 3.07 bits per heavy atom. The predicted molar refractivity (Wildman–Crippen MR) is 57.3 cm³/mol. The number of aromatic amines is 1. The summed E-state index contributed by atoms with van der Waals surface area (Å²) in [6, 6.07) is 2.99. The Morgan fingerprint density at radius 1 is 1.21 bits per heavy atom. The Balaban J connectivity index is 1.80. The molecule has 2 nitrogen and oxygen atoms in total. The van der Waals surface area contributed by atoms with Gasteiger partial charge in [0.15, 0.2) is 0 Å². The fraction of sp³-hybridized carbons (Fsp3) is 0.667. The number of nitrogens with one attached hydrogen (secondary N) is 2. The summed E-state index contributed by atoms with van der Waals surface area (Å²) in [7, 11) is 0. The molecule has 0 aromatic carbocycles. The first-order chi connectivity index (χ1) is 6.93. The maximum atomic E-state index is 3.67. The summed E-state index contributed by atoms with van der Waals surface area (Å²) >= 11 is 0. The molecule has 0 radical (unpaired) electrons. The van der Waals surface area contributed by atoms with Gasteiger partial charge in [0.1, 0.15) is 0 Å². The van der Waals surface area contributed by atoms with Crippen LogP contribution in [0.4, 0.5) is 0 Å². The summed E-state index contributed by atoms with van der Waals surface area (Å²) < 4.78 is 0. The minimum absolute atomic E-state index is 0.748. The zero-order chi connectivity index (χ0) is 9.38. The van der Waals surface area contributed by atoms with Crippen LogP contribution in [0.15, 0.2) is 18.5 Å². The van der Waals surface area contributed by atoms with E-state index in [1.54, 1.807) is 0 Å². The highest BCUT2D eigenvalue weighted by atomic mass is 14.9. The van der Waals surface area contributed by atoms with Gasteiger partial charge in [-0.25, -0.2) is 0 Å². The first kappa shape index (κ1) is 8.54. The van der Waals surface area contributed by atoms with Crippen molar-refractivity contribution in [3.8, 4) is 0 Å². The van der Waals surface area contributed by atoms with Crippen LogP contribution in [0.2, 0.25) is 0 Å². The lowest BCUT2D eigenvalue weighted by atomic mass is 9.72. The Morgan fingerprint density at radius 2 is 2.21 bits per heavy atom. The lowest BCUT2D eigenvalue weighted by Gasteiger charge is -2.40. The molecule has 2 heterocycles. The lowest BCUT2D eigenvalue weighted by Crippen LogP contribution is -2.45. The average Bonchev–Trinajstić information content (AvgIpc) is 2.71. The molecule has 2 N–H and O–H groups in total. The maximum absolute atomic E-state index is 3.67. The van der Waals surface area contributed by atoms with Crippen molar-refractivity contribution in [2.24, 2.45) is 5.92 Å². The number of aromatic nitrogens is 1. The number of H-pyrrole nitrogens is 1. The zero-order valence-electron chi connectivity index (χ0n) is 8.50. The number of piperidine rings is 1. The molecular weight excluding hydrogens is 172 g/mol. The Labute approximate surface area is 85.1 Å². The topological polar surface area (TPSA) is 27.8 Å². The summed E-state index contributed by atoms with van der Waals surface area (Å²) in [6.45, 7) is 1.23. The van der Waals surface area contributed by atoms with Crippen molar-refractivity contribution >= 4 is 0 Å². The van der Waals surface area contributed by atoms with Crippen LogP contribution in [0, 0.1) is 5.92 Å². The fourth-order valence-electron chi connectivity index (χ4n) is 3.18. The molecule has 1 aliphatic heterocycles. The van der Waals surface area contributed by atoms with Crippen molar-refractivity contribution in [1.29, 1.82) is 0 Å². The van der Waals surface area contributed by atoms with Gasteiger partial charge in [0.05, 0.1) is 0 Å². The molecule has 76 valence electrons. The Kier molecular flexibility index (Phi) is 2.09. The third kappa shape index (κ3) is 1.38. The number of fused-ring (bicyclic) bond motifs is 2. The predicted octanol–water partition coefficient (Wildman–Crippen LogP) is 2.26. The third-order valence-corrected chi connectivity index (χ3v) is 3.97. The van der Waals surface area contributed by atoms with Crippen LogP contribution < -0.4 is 5.32 Å². The Bertz CT molecular complexity index is 291. The highest BCUT2D eigenvalue weighted by Crippen LogP contribution is 2.39. The quantitative estimate of drug-likeness (QED) is 0.698. The summed E-state index contributed by atoms with van der Waals surface area (Å²) in [5, 5.41) is 3.67. The van der Waals surface area contributed by atoms with Crippen LogP contribution in [0.1, 0.15) is 37.2 Å². The van der Waals surface area contributed by atoms with Crippen molar-refractivity contribution in [3.05, 3.63) is 24.0 Å². The highest BCUT2D eigenvalue weighted by molar-refractivity contribution is 5.19. The van der Waals surface area contributed by atoms with Crippen LogP contribution >= 0.6 is 0 Å². The molecule has 1 aromatic heterocycles. The van der Waals surface area contributed by atoms with E-state index in [1.165, 1.54) is 37.8 Å². The van der Waals surface area contributed by atoms with E-state index in [0.717, 1.165) is 17.9 Å². The van der Waals surface area contributed by atoms with Crippen LogP contribution in [0.5, 0.6) is 0 Å². The van der Waals surface area contributed by atoms with Gasteiger partial charge < -0.3 is 10.3 Å². The van der Waals surface area contributed by atoms with Gasteiger partial charge in [-0.2, -0.15) is 0 Å². The summed E-state index contributed by atoms with van der Waals surface area (Å²) in [5.74, 6) is 1.77. The summed E-state index contributed by atoms with van der Waals surface area (Å²) in [4.78, 5) is 3.17. The molecule has 0 amide bonds. The standard InChI is InChI=1S/C12H18N2/c1-2-11(10-4-5-13-8-10)12-7-9(1)3-6-14-12/h4-5,8-9,11-14H,1-3,6-7H2. The Hall–Kier alpha value is -0.760. The fourth-order valence-corrected chi connectivity index (χ4v) is 3.18. The highest BCUT2D eigenvalue weighted by Gasteiger charge is 2.33. The second-order valence-electron chi connectivity index (χ2n) is 4.78. The summed E-state index contributed by atoms with van der Waals surface area (Å²) in [6.07, 6.45) is 9.83. The van der Waals surface area contributed by atoms with E-state index in [0.29, 0.717) is 0 Å². The number of rotatable bonds is 1. The molecule has 2 heteroatoms. The normalized spacial score (nSPS) is 37.0. The van der Waals surface area contributed by atoms with E-state index in [9.17, 15) is 0 Å². The molecular formula is C12H18N2. The monoisotopic (exact) mass is 190 g/mol. The van der Waals surface area contributed by atoms with Gasteiger partial charge in [0.25, 0.3) is 0 Å². The van der Waals surface area contributed by atoms with Crippen LogP contribution in [-0.2, 0) is 0 Å². The van der Waals surface area contributed by atoms with Gasteiger partial charge in [-0.05, 0) is 49.8 Å². The first-order valence-corrected chi connectivity index (χ1v) is 5.79. The maximum Gasteiger partial charge on any atom is 0.0139 e.